The van der Waals surface area contributed by atoms with Crippen molar-refractivity contribution in [1.82, 2.24) is 4.57 Å². The molecule has 0 amide bonds. The lowest BCUT2D eigenvalue weighted by Crippen LogP contribution is -2.28. The van der Waals surface area contributed by atoms with Gasteiger partial charge >= 0.3 is 0 Å². The number of alkyl halides is 2. The van der Waals surface area contributed by atoms with Crippen molar-refractivity contribution < 1.29 is 14.5 Å². The molecule has 0 bridgehead atoms. The number of hydrogen-bond acceptors (Lipinski definition) is 2. The smallest absolute Gasteiger partial charge is 0.243 e. The molecule has 0 aliphatic rings. The van der Waals surface area contributed by atoms with E-state index in [2.05, 4.69) is 41.8 Å². The van der Waals surface area contributed by atoms with Gasteiger partial charge < -0.3 is 9.90 Å². The molecule has 1 aromatic heterocycles. The van der Waals surface area contributed by atoms with E-state index in [0.29, 0.717) is 0 Å². The summed E-state index contributed by atoms with van der Waals surface area (Å²) in [6, 6.07) is 0. The SMILES string of the molecule is CCCCCCn1cc[n+](C)c1.O=C([O-])C(Cl)Cl. The average molecular weight is 295 g/mol. The van der Waals surface area contributed by atoms with Crippen LogP contribution in [0.25, 0.3) is 0 Å². The normalized spacial score (nSPS) is 10.1. The number of carbonyl (C=O) groups excluding carboxylic acids is 1. The molecule has 0 spiro atoms. The number of hydrogen-bond donors (Lipinski definition) is 0. The molecular formula is C12H20Cl2N2O2. The van der Waals surface area contributed by atoms with Gasteiger partial charge in [-0.1, -0.05) is 43.0 Å². The van der Waals surface area contributed by atoms with Crippen LogP contribution in [-0.2, 0) is 18.4 Å². The van der Waals surface area contributed by atoms with Crippen LogP contribution in [0.3, 0.4) is 0 Å². The quantitative estimate of drug-likeness (QED) is 0.453. The Bertz CT molecular complexity index is 341. The first-order chi connectivity index (χ1) is 8.47. The fraction of sp³-hybridized carbons (Fsp3) is 0.667. The number of aromatic nitrogens is 2. The largest absolute Gasteiger partial charge is 0.547 e. The maximum absolute atomic E-state index is 9.32. The Hall–Kier alpha value is -0.740. The van der Waals surface area contributed by atoms with E-state index in [4.69, 9.17) is 23.2 Å². The Balaban J connectivity index is 0.000000411. The molecule has 0 saturated heterocycles. The molecule has 0 unspecified atom stereocenters. The summed E-state index contributed by atoms with van der Waals surface area (Å²) < 4.78 is 4.33. The topological polar surface area (TPSA) is 48.9 Å². The molecule has 1 aromatic rings. The summed E-state index contributed by atoms with van der Waals surface area (Å²) in [5.74, 6) is -1.46. The lowest BCUT2D eigenvalue weighted by atomic mass is 10.2. The highest BCUT2D eigenvalue weighted by Gasteiger charge is 1.98. The molecule has 18 heavy (non-hydrogen) atoms. The first kappa shape index (κ1) is 17.3. The number of aliphatic carboxylic acids is 1. The minimum atomic E-state index is -1.46. The van der Waals surface area contributed by atoms with E-state index < -0.39 is 10.8 Å². The van der Waals surface area contributed by atoms with Gasteiger partial charge in [0, 0.05) is 0 Å². The van der Waals surface area contributed by atoms with Crippen LogP contribution in [0.4, 0.5) is 0 Å². The first-order valence-electron chi connectivity index (χ1n) is 5.97. The summed E-state index contributed by atoms with van der Waals surface area (Å²) in [5.41, 5.74) is 0. The molecule has 1 heterocycles. The molecular weight excluding hydrogens is 275 g/mol. The molecule has 0 aliphatic carbocycles. The van der Waals surface area contributed by atoms with Gasteiger partial charge in [0.2, 0.25) is 6.33 Å². The van der Waals surface area contributed by atoms with Gasteiger partial charge in [0.1, 0.15) is 17.2 Å². The predicted molar refractivity (Wildman–Crippen MR) is 70.3 cm³/mol. The highest BCUT2D eigenvalue weighted by Crippen LogP contribution is 2.00. The van der Waals surface area contributed by atoms with Crippen LogP contribution >= 0.6 is 23.2 Å². The van der Waals surface area contributed by atoms with Crippen molar-refractivity contribution in [2.24, 2.45) is 7.05 Å². The van der Waals surface area contributed by atoms with Crippen LogP contribution in [-0.4, -0.2) is 15.4 Å². The highest BCUT2D eigenvalue weighted by atomic mass is 35.5. The Morgan fingerprint density at radius 1 is 1.39 bits per heavy atom. The van der Waals surface area contributed by atoms with Gasteiger partial charge in [-0.25, -0.2) is 9.13 Å². The molecule has 1 rings (SSSR count). The van der Waals surface area contributed by atoms with E-state index in [-0.39, 0.29) is 0 Å². The third-order valence-corrected chi connectivity index (χ3v) is 2.63. The van der Waals surface area contributed by atoms with E-state index in [1.807, 2.05) is 0 Å². The zero-order chi connectivity index (χ0) is 14.0. The standard InChI is InChI=1S/C10H19N2.C2H2Cl2O2/c1-3-4-5-6-7-12-9-8-11(2)10-12;3-1(4)2(5)6/h8-10H,3-7H2,1-2H3;1H,(H,5,6)/q+1;/p-1. The first-order valence-corrected chi connectivity index (χ1v) is 6.84. The maximum Gasteiger partial charge on any atom is 0.243 e. The van der Waals surface area contributed by atoms with Gasteiger partial charge in [0.05, 0.1) is 19.6 Å². The monoisotopic (exact) mass is 294 g/mol. The van der Waals surface area contributed by atoms with Crippen molar-refractivity contribution in [3.05, 3.63) is 18.7 Å². The molecule has 0 N–H and O–H groups in total. The third-order valence-electron chi connectivity index (χ3n) is 2.27. The molecule has 104 valence electrons. The van der Waals surface area contributed by atoms with Crippen molar-refractivity contribution in [3.8, 4) is 0 Å². The number of carboxylic acids is 1. The molecule has 0 radical (unpaired) electrons. The highest BCUT2D eigenvalue weighted by molar-refractivity contribution is 6.52. The summed E-state index contributed by atoms with van der Waals surface area (Å²) >= 11 is 9.43. The zero-order valence-electron chi connectivity index (χ0n) is 10.8. The summed E-state index contributed by atoms with van der Waals surface area (Å²) in [7, 11) is 2.06. The van der Waals surface area contributed by atoms with Gasteiger partial charge in [0.15, 0.2) is 0 Å². The van der Waals surface area contributed by atoms with Crippen molar-refractivity contribution in [3.63, 3.8) is 0 Å². The van der Waals surface area contributed by atoms with E-state index in [9.17, 15) is 9.90 Å². The summed E-state index contributed by atoms with van der Waals surface area (Å²) in [4.78, 5) is 7.93. The number of rotatable bonds is 6. The Labute approximate surface area is 118 Å². The zero-order valence-corrected chi connectivity index (χ0v) is 12.3. The van der Waals surface area contributed by atoms with Crippen molar-refractivity contribution in [1.29, 1.82) is 0 Å². The fourth-order valence-electron chi connectivity index (χ4n) is 1.36. The summed E-state index contributed by atoms with van der Waals surface area (Å²) in [6.45, 7) is 3.41. The second-order valence-electron chi connectivity index (χ2n) is 4.00. The second kappa shape index (κ2) is 10.2. The van der Waals surface area contributed by atoms with Gasteiger partial charge in [-0.2, -0.15) is 0 Å². The molecule has 0 aliphatic heterocycles. The van der Waals surface area contributed by atoms with E-state index in [0.717, 1.165) is 0 Å². The van der Waals surface area contributed by atoms with Gasteiger partial charge in [0.25, 0.3) is 0 Å². The number of unbranched alkanes of at least 4 members (excludes halogenated alkanes) is 3. The van der Waals surface area contributed by atoms with E-state index in [1.165, 1.54) is 32.2 Å². The Morgan fingerprint density at radius 3 is 2.39 bits per heavy atom. The maximum atomic E-state index is 9.32. The lowest BCUT2D eigenvalue weighted by molar-refractivity contribution is -0.671. The minimum absolute atomic E-state index is 1.17. The Morgan fingerprint density at radius 2 is 2.00 bits per heavy atom. The summed E-state index contributed by atoms with van der Waals surface area (Å²) in [5, 5.41) is 9.32. The van der Waals surface area contributed by atoms with E-state index in [1.54, 1.807) is 0 Å². The van der Waals surface area contributed by atoms with Gasteiger partial charge in [-0.15, -0.1) is 0 Å². The van der Waals surface area contributed by atoms with Crippen LogP contribution in [0.2, 0.25) is 0 Å². The molecule has 6 heteroatoms. The van der Waals surface area contributed by atoms with Crippen LogP contribution in [0.1, 0.15) is 32.6 Å². The molecule has 0 aromatic carbocycles. The van der Waals surface area contributed by atoms with Crippen molar-refractivity contribution in [2.45, 2.75) is 44.0 Å². The van der Waals surface area contributed by atoms with Crippen LogP contribution < -0.4 is 9.67 Å². The fourth-order valence-corrected chi connectivity index (χ4v) is 1.36. The molecule has 0 atom stereocenters. The number of carboxylic acid groups (broad SMARTS) is 1. The van der Waals surface area contributed by atoms with Crippen LogP contribution in [0.5, 0.6) is 0 Å². The van der Waals surface area contributed by atoms with Gasteiger partial charge in [-0.05, 0) is 12.8 Å². The number of imidazole rings is 1. The number of aryl methyl sites for hydroxylation is 2. The van der Waals surface area contributed by atoms with Gasteiger partial charge in [-0.3, -0.25) is 0 Å². The molecule has 4 nitrogen and oxygen atoms in total. The van der Waals surface area contributed by atoms with E-state index >= 15 is 0 Å². The van der Waals surface area contributed by atoms with Crippen molar-refractivity contribution in [2.75, 3.05) is 0 Å². The average Bonchev–Trinajstić information content (AvgIpc) is 2.71. The molecule has 0 saturated carbocycles. The molecule has 0 fully saturated rings. The minimum Gasteiger partial charge on any atom is -0.547 e. The number of nitrogens with zero attached hydrogens (tertiary/aromatic N) is 2. The van der Waals surface area contributed by atoms with Crippen molar-refractivity contribution >= 4 is 29.2 Å². The lowest BCUT2D eigenvalue weighted by Gasteiger charge is -1.96. The van der Waals surface area contributed by atoms with Crippen LogP contribution in [0, 0.1) is 0 Å². The van der Waals surface area contributed by atoms with Crippen LogP contribution in [0.15, 0.2) is 18.7 Å². The second-order valence-corrected chi connectivity index (χ2v) is 5.09. The number of halogens is 2. The third kappa shape index (κ3) is 9.31. The Kier molecular flexibility index (Phi) is 9.79. The number of carbonyl (C=O) groups is 1. The predicted octanol–water partition coefficient (Wildman–Crippen LogP) is 1.43. The summed E-state index contributed by atoms with van der Waals surface area (Å²) in [6.07, 6.45) is 11.7.